The minimum absolute atomic E-state index is 0.439. The van der Waals surface area contributed by atoms with E-state index < -0.39 is 0 Å². The topological polar surface area (TPSA) is 38.0 Å². The molecule has 1 fully saturated rings. The van der Waals surface area contributed by atoms with Gasteiger partial charge in [0.2, 0.25) is 0 Å². The van der Waals surface area contributed by atoms with Crippen molar-refractivity contribution in [3.63, 3.8) is 0 Å². The summed E-state index contributed by atoms with van der Waals surface area (Å²) in [5.41, 5.74) is 5.23. The minimum atomic E-state index is 0.439. The average Bonchev–Trinajstić information content (AvgIpc) is 2.68. The Morgan fingerprint density at radius 1 is 1.10 bits per heavy atom. The lowest BCUT2D eigenvalue weighted by atomic mass is 9.68. The van der Waals surface area contributed by atoms with E-state index in [1.165, 1.54) is 57.8 Å². The maximum Gasteiger partial charge on any atom is 0.0447 e. The highest BCUT2D eigenvalue weighted by Crippen LogP contribution is 2.42. The van der Waals surface area contributed by atoms with Crippen LogP contribution in [0.25, 0.3) is 0 Å². The summed E-state index contributed by atoms with van der Waals surface area (Å²) in [6.07, 6.45) is 14.5. The predicted molar refractivity (Wildman–Crippen MR) is 87.2 cm³/mol. The van der Waals surface area contributed by atoms with Gasteiger partial charge >= 0.3 is 0 Å². The smallest absolute Gasteiger partial charge is 0.0447 e. The van der Waals surface area contributed by atoms with Gasteiger partial charge in [0.15, 0.2) is 0 Å². The number of hydrogen-bond acceptors (Lipinski definition) is 2. The molecule has 0 bridgehead atoms. The molecule has 0 amide bonds. The van der Waals surface area contributed by atoms with Crippen molar-refractivity contribution in [1.82, 2.24) is 5.43 Å². The fourth-order valence-electron chi connectivity index (χ4n) is 4.19. The predicted octanol–water partition coefficient (Wildman–Crippen LogP) is 4.56. The second-order valence-corrected chi connectivity index (χ2v) is 8.00. The molecule has 2 rings (SSSR count). The number of hydrogen-bond donors (Lipinski definition) is 2. The third kappa shape index (κ3) is 4.08. The van der Waals surface area contributed by atoms with Crippen LogP contribution in [0.1, 0.15) is 78.6 Å². The van der Waals surface area contributed by atoms with E-state index in [4.69, 9.17) is 5.84 Å². The highest BCUT2D eigenvalue weighted by atomic mass is 15.2. The fraction of sp³-hybridized carbons (Fsp3) is 0.889. The number of nitrogens with one attached hydrogen (secondary N) is 1. The van der Waals surface area contributed by atoms with E-state index in [9.17, 15) is 0 Å². The molecule has 0 heterocycles. The summed E-state index contributed by atoms with van der Waals surface area (Å²) in [6.45, 7) is 7.18. The second-order valence-electron chi connectivity index (χ2n) is 8.00. The van der Waals surface area contributed by atoms with Gasteiger partial charge in [-0.05, 0) is 68.6 Å². The van der Waals surface area contributed by atoms with E-state index >= 15 is 0 Å². The summed E-state index contributed by atoms with van der Waals surface area (Å²) in [5.74, 6) is 7.56. The first kappa shape index (κ1) is 16.0. The zero-order valence-corrected chi connectivity index (χ0v) is 13.8. The Bertz CT molecular complexity index is 319. The molecule has 0 aromatic carbocycles. The summed E-state index contributed by atoms with van der Waals surface area (Å²) in [6, 6.07) is 0.439. The first-order chi connectivity index (χ1) is 9.52. The molecule has 2 aliphatic rings. The van der Waals surface area contributed by atoms with E-state index in [1.807, 2.05) is 0 Å². The lowest BCUT2D eigenvalue weighted by molar-refractivity contribution is 0.138. The van der Waals surface area contributed by atoms with Gasteiger partial charge in [-0.15, -0.1) is 0 Å². The summed E-state index contributed by atoms with van der Waals surface area (Å²) in [7, 11) is 0. The molecule has 0 spiro atoms. The Hall–Kier alpha value is -0.340. The van der Waals surface area contributed by atoms with Gasteiger partial charge in [-0.1, -0.05) is 38.8 Å². The monoisotopic (exact) mass is 278 g/mol. The van der Waals surface area contributed by atoms with E-state index in [0.717, 1.165) is 11.8 Å². The van der Waals surface area contributed by atoms with Gasteiger partial charge in [-0.3, -0.25) is 11.3 Å². The number of nitrogens with two attached hydrogens (primary N) is 1. The Balaban J connectivity index is 1.94. The minimum Gasteiger partial charge on any atom is -0.271 e. The van der Waals surface area contributed by atoms with Gasteiger partial charge in [0.25, 0.3) is 0 Å². The second kappa shape index (κ2) is 7.09. The molecule has 20 heavy (non-hydrogen) atoms. The normalized spacial score (nSPS) is 30.5. The highest BCUT2D eigenvalue weighted by Gasteiger charge is 2.33. The molecule has 2 heteroatoms. The largest absolute Gasteiger partial charge is 0.271 e. The molecular formula is C18H34N2. The Morgan fingerprint density at radius 3 is 2.40 bits per heavy atom. The number of hydrazine groups is 1. The van der Waals surface area contributed by atoms with E-state index in [2.05, 4.69) is 32.3 Å². The lowest BCUT2D eigenvalue weighted by Gasteiger charge is -2.40. The molecule has 3 N–H and O–H groups in total. The quantitative estimate of drug-likeness (QED) is 0.451. The van der Waals surface area contributed by atoms with E-state index in [1.54, 1.807) is 5.57 Å². The third-order valence-corrected chi connectivity index (χ3v) is 5.62. The van der Waals surface area contributed by atoms with Crippen LogP contribution in [-0.4, -0.2) is 6.04 Å². The Morgan fingerprint density at radius 2 is 1.80 bits per heavy atom. The van der Waals surface area contributed by atoms with Crippen LogP contribution in [0.3, 0.4) is 0 Å². The van der Waals surface area contributed by atoms with Gasteiger partial charge in [-0.25, -0.2) is 0 Å². The maximum absolute atomic E-state index is 5.92. The molecule has 1 saturated carbocycles. The molecular weight excluding hydrogens is 244 g/mol. The summed E-state index contributed by atoms with van der Waals surface area (Å²) >= 11 is 0. The van der Waals surface area contributed by atoms with Crippen molar-refractivity contribution in [3.8, 4) is 0 Å². The van der Waals surface area contributed by atoms with Gasteiger partial charge < -0.3 is 0 Å². The Kier molecular flexibility index (Phi) is 5.68. The van der Waals surface area contributed by atoms with E-state index in [-0.39, 0.29) is 0 Å². The van der Waals surface area contributed by atoms with Crippen molar-refractivity contribution in [2.45, 2.75) is 84.6 Å². The van der Waals surface area contributed by atoms with Crippen LogP contribution in [0, 0.1) is 17.3 Å². The van der Waals surface area contributed by atoms with Crippen molar-refractivity contribution >= 4 is 0 Å². The van der Waals surface area contributed by atoms with Crippen LogP contribution in [-0.2, 0) is 0 Å². The average molecular weight is 278 g/mol. The summed E-state index contributed by atoms with van der Waals surface area (Å²) in [5, 5.41) is 0. The summed E-state index contributed by atoms with van der Waals surface area (Å²) in [4.78, 5) is 0. The van der Waals surface area contributed by atoms with Gasteiger partial charge in [0.1, 0.15) is 0 Å². The van der Waals surface area contributed by atoms with E-state index in [0.29, 0.717) is 11.5 Å². The molecule has 0 aliphatic heterocycles. The zero-order chi connectivity index (χ0) is 14.6. The standard InChI is InChI=1S/C18H34N2/c1-18(2,3)16-12-10-15(11-13-16)17(20-19)14-8-6-4-5-7-9-14/h8,15-17,20H,4-7,9-13,19H2,1-3H3. The maximum atomic E-state index is 5.92. The molecule has 0 aromatic rings. The van der Waals surface area contributed by atoms with Crippen LogP contribution >= 0.6 is 0 Å². The molecule has 1 unspecified atom stereocenters. The van der Waals surface area contributed by atoms with Crippen molar-refractivity contribution in [2.24, 2.45) is 23.1 Å². The molecule has 0 radical (unpaired) electrons. The third-order valence-electron chi connectivity index (χ3n) is 5.62. The number of allylic oxidation sites excluding steroid dienone is 1. The first-order valence-corrected chi connectivity index (χ1v) is 8.67. The van der Waals surface area contributed by atoms with Gasteiger partial charge in [-0.2, -0.15) is 0 Å². The van der Waals surface area contributed by atoms with Crippen LogP contribution in [0.4, 0.5) is 0 Å². The molecule has 1 atom stereocenters. The number of rotatable bonds is 3. The van der Waals surface area contributed by atoms with Crippen molar-refractivity contribution in [2.75, 3.05) is 0 Å². The molecule has 0 aromatic heterocycles. The van der Waals surface area contributed by atoms with Crippen molar-refractivity contribution in [3.05, 3.63) is 11.6 Å². The first-order valence-electron chi connectivity index (χ1n) is 8.67. The molecule has 2 nitrogen and oxygen atoms in total. The van der Waals surface area contributed by atoms with Gasteiger partial charge in [0.05, 0.1) is 0 Å². The van der Waals surface area contributed by atoms with Crippen LogP contribution < -0.4 is 11.3 Å². The molecule has 0 saturated heterocycles. The highest BCUT2D eigenvalue weighted by molar-refractivity contribution is 5.14. The molecule has 116 valence electrons. The van der Waals surface area contributed by atoms with Crippen LogP contribution in [0.15, 0.2) is 11.6 Å². The zero-order valence-electron chi connectivity index (χ0n) is 13.8. The summed E-state index contributed by atoms with van der Waals surface area (Å²) < 4.78 is 0. The fourth-order valence-corrected chi connectivity index (χ4v) is 4.19. The van der Waals surface area contributed by atoms with Gasteiger partial charge in [0, 0.05) is 6.04 Å². The van der Waals surface area contributed by atoms with Crippen molar-refractivity contribution in [1.29, 1.82) is 0 Å². The lowest BCUT2D eigenvalue weighted by Crippen LogP contribution is -2.44. The van der Waals surface area contributed by atoms with Crippen molar-refractivity contribution < 1.29 is 0 Å². The van der Waals surface area contributed by atoms with Crippen LogP contribution in [0.2, 0.25) is 0 Å². The Labute approximate surface area is 125 Å². The molecule has 2 aliphatic carbocycles. The SMILES string of the molecule is CC(C)(C)C1CCC(C(NN)C2=CCCCCC2)CC1. The van der Waals surface area contributed by atoms with Crippen LogP contribution in [0.5, 0.6) is 0 Å².